The molecule has 0 bridgehead atoms. The predicted octanol–water partition coefficient (Wildman–Crippen LogP) is 4.31. The Morgan fingerprint density at radius 3 is 2.32 bits per heavy atom. The second-order valence-corrected chi connectivity index (χ2v) is 7.73. The zero-order chi connectivity index (χ0) is 22.2. The van der Waals surface area contributed by atoms with Crippen molar-refractivity contribution in [3.05, 3.63) is 58.7 Å². The quantitative estimate of drug-likeness (QED) is 0.645. The van der Waals surface area contributed by atoms with Gasteiger partial charge in [0, 0.05) is 26.2 Å². The molecule has 2 aromatic carbocycles. The lowest BCUT2D eigenvalue weighted by Gasteiger charge is -2.33. The van der Waals surface area contributed by atoms with Gasteiger partial charge in [-0.15, -0.1) is 0 Å². The molecule has 0 spiro atoms. The number of amides is 1. The highest BCUT2D eigenvalue weighted by atomic mass is 35.5. The minimum atomic E-state index is -4.56. The largest absolute Gasteiger partial charge is 0.416 e. The highest BCUT2D eigenvalue weighted by Gasteiger charge is 2.31. The van der Waals surface area contributed by atoms with Crippen molar-refractivity contribution < 1.29 is 18.0 Å². The maximum Gasteiger partial charge on any atom is 0.416 e. The van der Waals surface area contributed by atoms with Crippen LogP contribution in [0.15, 0.2) is 42.5 Å². The van der Waals surface area contributed by atoms with Crippen molar-refractivity contribution in [2.24, 2.45) is 0 Å². The van der Waals surface area contributed by atoms with Crippen LogP contribution in [0.3, 0.4) is 0 Å². The smallest absolute Gasteiger partial charge is 0.352 e. The minimum Gasteiger partial charge on any atom is -0.352 e. The van der Waals surface area contributed by atoms with Gasteiger partial charge < -0.3 is 15.1 Å². The number of nitrogens with one attached hydrogen (secondary N) is 1. The van der Waals surface area contributed by atoms with Gasteiger partial charge in [0.05, 0.1) is 27.3 Å². The molecule has 0 saturated carbocycles. The molecule has 0 radical (unpaired) electrons. The number of benzene rings is 2. The normalized spacial score (nSPS) is 15.3. The molecule has 10 heteroatoms. The van der Waals surface area contributed by atoms with Gasteiger partial charge in [-0.1, -0.05) is 23.7 Å². The van der Waals surface area contributed by atoms with Crippen LogP contribution in [0, 0.1) is 0 Å². The van der Waals surface area contributed by atoms with Crippen LogP contribution in [0.25, 0.3) is 11.0 Å². The Hall–Kier alpha value is -2.91. The van der Waals surface area contributed by atoms with E-state index in [9.17, 15) is 18.0 Å². The van der Waals surface area contributed by atoms with E-state index in [1.165, 1.54) is 0 Å². The van der Waals surface area contributed by atoms with Crippen LogP contribution in [0.4, 0.5) is 24.7 Å². The van der Waals surface area contributed by atoms with Crippen molar-refractivity contribution in [3.8, 4) is 0 Å². The Balaban J connectivity index is 1.73. The van der Waals surface area contributed by atoms with E-state index >= 15 is 0 Å². The van der Waals surface area contributed by atoms with Gasteiger partial charge in [-0.3, -0.25) is 4.79 Å². The summed E-state index contributed by atoms with van der Waals surface area (Å²) in [6.45, 7) is 2.87. The van der Waals surface area contributed by atoms with Crippen LogP contribution in [0.5, 0.6) is 0 Å². The highest BCUT2D eigenvalue weighted by molar-refractivity contribution is 6.34. The number of nitrogens with zero attached hydrogens (tertiary/aromatic N) is 4. The van der Waals surface area contributed by atoms with Crippen LogP contribution in [0.2, 0.25) is 5.02 Å². The van der Waals surface area contributed by atoms with Gasteiger partial charge in [0.1, 0.15) is 0 Å². The molecule has 1 aliphatic rings. The molecule has 1 N–H and O–H groups in total. The lowest BCUT2D eigenvalue weighted by Crippen LogP contribution is -2.45. The number of hydrogen-bond donors (Lipinski definition) is 1. The molecule has 6 nitrogen and oxygen atoms in total. The topological polar surface area (TPSA) is 61.4 Å². The first-order chi connectivity index (χ1) is 14.7. The number of halogens is 4. The molecule has 1 aromatic heterocycles. The van der Waals surface area contributed by atoms with Crippen molar-refractivity contribution >= 4 is 40.0 Å². The van der Waals surface area contributed by atoms with Crippen molar-refractivity contribution in [1.29, 1.82) is 0 Å². The SMILES string of the molecule is CN1CCN(c2nc3ccccc3nc2C(=O)Nc2cc(C(F)(F)F)ccc2Cl)CC1. The third kappa shape index (κ3) is 4.57. The van der Waals surface area contributed by atoms with Crippen LogP contribution >= 0.6 is 11.6 Å². The molecule has 162 valence electrons. The van der Waals surface area contributed by atoms with Gasteiger partial charge in [0.2, 0.25) is 0 Å². The molecule has 0 atom stereocenters. The van der Waals surface area contributed by atoms with E-state index in [0.29, 0.717) is 29.9 Å². The number of fused-ring (bicyclic) bond motifs is 1. The van der Waals surface area contributed by atoms with E-state index < -0.39 is 17.6 Å². The number of anilines is 2. The number of rotatable bonds is 3. The van der Waals surface area contributed by atoms with Gasteiger partial charge in [0.25, 0.3) is 5.91 Å². The molecule has 3 aromatic rings. The maximum absolute atomic E-state index is 13.1. The van der Waals surface area contributed by atoms with E-state index in [2.05, 4.69) is 20.2 Å². The number of carbonyl (C=O) groups excluding carboxylic acids is 1. The van der Waals surface area contributed by atoms with E-state index in [1.807, 2.05) is 18.0 Å². The number of hydrogen-bond acceptors (Lipinski definition) is 5. The van der Waals surface area contributed by atoms with Crippen LogP contribution in [0.1, 0.15) is 16.1 Å². The summed E-state index contributed by atoms with van der Waals surface area (Å²) in [4.78, 5) is 26.3. The molecule has 0 aliphatic carbocycles. The first-order valence-corrected chi connectivity index (χ1v) is 9.98. The highest BCUT2D eigenvalue weighted by Crippen LogP contribution is 2.34. The van der Waals surface area contributed by atoms with Gasteiger partial charge in [-0.05, 0) is 37.4 Å². The molecular formula is C21H19ClF3N5O. The molecule has 1 saturated heterocycles. The summed E-state index contributed by atoms with van der Waals surface area (Å²) < 4.78 is 39.3. The van der Waals surface area contributed by atoms with E-state index in [4.69, 9.17) is 11.6 Å². The Kier molecular flexibility index (Phi) is 5.72. The average molecular weight is 450 g/mol. The van der Waals surface area contributed by atoms with Gasteiger partial charge in [-0.25, -0.2) is 9.97 Å². The summed E-state index contributed by atoms with van der Waals surface area (Å²) in [6, 6.07) is 9.91. The summed E-state index contributed by atoms with van der Waals surface area (Å²) in [7, 11) is 2.01. The Morgan fingerprint density at radius 2 is 1.68 bits per heavy atom. The number of piperazine rings is 1. The first-order valence-electron chi connectivity index (χ1n) is 9.61. The molecule has 4 rings (SSSR count). The fourth-order valence-corrected chi connectivity index (χ4v) is 3.53. The number of likely N-dealkylation sites (N-methyl/N-ethyl adjacent to an activating group) is 1. The Labute approximate surface area is 181 Å². The molecule has 2 heterocycles. The first kappa shape index (κ1) is 21.3. The summed E-state index contributed by atoms with van der Waals surface area (Å²) >= 11 is 6.04. The molecular weight excluding hydrogens is 431 g/mol. The number of alkyl halides is 3. The van der Waals surface area contributed by atoms with E-state index in [0.717, 1.165) is 31.3 Å². The summed E-state index contributed by atoms with van der Waals surface area (Å²) in [5, 5.41) is 2.48. The Morgan fingerprint density at radius 1 is 1.03 bits per heavy atom. The van der Waals surface area contributed by atoms with Gasteiger partial charge >= 0.3 is 6.18 Å². The van der Waals surface area contributed by atoms with Crippen molar-refractivity contribution in [2.45, 2.75) is 6.18 Å². The lowest BCUT2D eigenvalue weighted by atomic mass is 10.2. The Bertz CT molecular complexity index is 1130. The van der Waals surface area contributed by atoms with Crippen molar-refractivity contribution in [2.75, 3.05) is 43.4 Å². The summed E-state index contributed by atoms with van der Waals surface area (Å²) in [6.07, 6.45) is -4.56. The second-order valence-electron chi connectivity index (χ2n) is 7.32. The predicted molar refractivity (Wildman–Crippen MR) is 114 cm³/mol. The third-order valence-electron chi connectivity index (χ3n) is 5.11. The summed E-state index contributed by atoms with van der Waals surface area (Å²) in [5.41, 5.74) is 0.138. The van der Waals surface area contributed by atoms with Crippen LogP contribution in [-0.2, 0) is 6.18 Å². The maximum atomic E-state index is 13.1. The zero-order valence-corrected chi connectivity index (χ0v) is 17.3. The summed E-state index contributed by atoms with van der Waals surface area (Å²) in [5.74, 6) is -0.277. The standard InChI is InChI=1S/C21H19ClF3N5O/c1-29-8-10-30(11-9-29)19-18(26-15-4-2-3-5-16(15)27-19)20(31)28-17-12-13(21(23,24)25)6-7-14(17)22/h2-7,12H,8-11H2,1H3,(H,28,31). The van der Waals surface area contributed by atoms with Gasteiger partial charge in [-0.2, -0.15) is 13.2 Å². The second kappa shape index (κ2) is 8.32. The van der Waals surface area contributed by atoms with Crippen LogP contribution in [-0.4, -0.2) is 54.0 Å². The van der Waals surface area contributed by atoms with Crippen molar-refractivity contribution in [1.82, 2.24) is 14.9 Å². The minimum absolute atomic E-state index is 0.00348. The van der Waals surface area contributed by atoms with Gasteiger partial charge in [0.15, 0.2) is 11.5 Å². The number of carbonyl (C=O) groups is 1. The van der Waals surface area contributed by atoms with Crippen LogP contribution < -0.4 is 10.2 Å². The lowest BCUT2D eigenvalue weighted by molar-refractivity contribution is -0.137. The van der Waals surface area contributed by atoms with Crippen molar-refractivity contribution in [3.63, 3.8) is 0 Å². The van der Waals surface area contributed by atoms with E-state index in [1.54, 1.807) is 18.2 Å². The zero-order valence-electron chi connectivity index (χ0n) is 16.6. The third-order valence-corrected chi connectivity index (χ3v) is 5.44. The fourth-order valence-electron chi connectivity index (χ4n) is 3.36. The molecule has 0 unspecified atom stereocenters. The molecule has 1 fully saturated rings. The molecule has 31 heavy (non-hydrogen) atoms. The molecule has 1 amide bonds. The number of aromatic nitrogens is 2. The fraction of sp³-hybridized carbons (Fsp3) is 0.286. The monoisotopic (exact) mass is 449 g/mol. The number of para-hydroxylation sites is 2. The average Bonchev–Trinajstić information content (AvgIpc) is 2.74. The molecule has 1 aliphatic heterocycles. The van der Waals surface area contributed by atoms with E-state index in [-0.39, 0.29) is 16.4 Å².